The molecular weight excluding hydrogens is 497 g/mol. The maximum absolute atomic E-state index is 13.3. The van der Waals surface area contributed by atoms with Crippen molar-refractivity contribution in [2.45, 2.75) is 0 Å². The van der Waals surface area contributed by atoms with Crippen LogP contribution in [0.15, 0.2) is 67.0 Å². The van der Waals surface area contributed by atoms with E-state index in [0.717, 1.165) is 6.07 Å². The van der Waals surface area contributed by atoms with Crippen molar-refractivity contribution in [2.75, 3.05) is 0 Å². The summed E-state index contributed by atoms with van der Waals surface area (Å²) in [7, 11) is 0. The summed E-state index contributed by atoms with van der Waals surface area (Å²) in [5.74, 6) is -2.42. The monoisotopic (exact) mass is 508 g/mol. The Bertz CT molecular complexity index is 787. The van der Waals surface area contributed by atoms with E-state index in [0.29, 0.717) is 11.3 Å². The van der Waals surface area contributed by atoms with E-state index in [4.69, 9.17) is 0 Å². The molecule has 0 N–H and O–H groups in total. The van der Waals surface area contributed by atoms with E-state index >= 15 is 0 Å². The number of nitrogens with zero attached hydrogens (tertiary/aromatic N) is 2. The Kier molecular flexibility index (Phi) is 7.86. The van der Waals surface area contributed by atoms with E-state index in [-0.39, 0.29) is 26.8 Å². The second-order valence-corrected chi connectivity index (χ2v) is 4.34. The van der Waals surface area contributed by atoms with Crippen LogP contribution in [0.3, 0.4) is 0 Å². The van der Waals surface area contributed by atoms with Gasteiger partial charge in [0.1, 0.15) is 11.6 Å². The molecule has 0 fully saturated rings. The average molecular weight is 508 g/mol. The number of rotatable bonds is 2. The number of benzene rings is 1. The Morgan fingerprint density at radius 1 is 0.917 bits per heavy atom. The molecule has 24 heavy (non-hydrogen) atoms. The normalized spacial score (nSPS) is 9.25. The van der Waals surface area contributed by atoms with Crippen LogP contribution in [-0.2, 0) is 21.1 Å². The van der Waals surface area contributed by atoms with Crippen molar-refractivity contribution >= 4 is 5.97 Å². The van der Waals surface area contributed by atoms with E-state index in [9.17, 15) is 18.7 Å². The van der Waals surface area contributed by atoms with Gasteiger partial charge in [0.15, 0.2) is 0 Å². The first kappa shape index (κ1) is 19.6. The van der Waals surface area contributed by atoms with Crippen molar-refractivity contribution in [1.29, 1.82) is 0 Å². The molecule has 0 aliphatic rings. The topological polar surface area (TPSA) is 65.9 Å². The fourth-order valence-corrected chi connectivity index (χ4v) is 1.70. The third kappa shape index (κ3) is 5.63. The molecule has 0 saturated heterocycles. The molecule has 0 radical (unpaired) electrons. The van der Waals surface area contributed by atoms with Crippen molar-refractivity contribution in [1.82, 2.24) is 9.97 Å². The van der Waals surface area contributed by atoms with Crippen LogP contribution < -0.4 is 5.11 Å². The molecule has 2 heterocycles. The molecule has 0 spiro atoms. The molecule has 0 amide bonds. The zero-order valence-corrected chi connectivity index (χ0v) is 14.4. The van der Waals surface area contributed by atoms with Crippen LogP contribution in [0, 0.1) is 11.6 Å². The predicted octanol–water partition coefficient (Wildman–Crippen LogP) is 2.47. The molecule has 2 aromatic heterocycles. The Morgan fingerprint density at radius 2 is 1.58 bits per heavy atom. The van der Waals surface area contributed by atoms with Gasteiger partial charge in [-0.05, 0) is 36.4 Å². The molecule has 0 unspecified atom stereocenters. The smallest absolute Gasteiger partial charge is 0.543 e. The molecule has 3 rings (SSSR count). The van der Waals surface area contributed by atoms with Gasteiger partial charge in [0, 0.05) is 24.0 Å². The van der Waals surface area contributed by atoms with Gasteiger partial charge in [0.25, 0.3) is 0 Å². The summed E-state index contributed by atoms with van der Waals surface area (Å²) in [5.41, 5.74) is 0.787. The van der Waals surface area contributed by atoms with Gasteiger partial charge in [-0.15, -0.1) is 0 Å². The van der Waals surface area contributed by atoms with Crippen LogP contribution in [-0.4, -0.2) is 15.9 Å². The molecule has 124 valence electrons. The van der Waals surface area contributed by atoms with Crippen LogP contribution in [0.2, 0.25) is 0 Å². The van der Waals surface area contributed by atoms with Crippen LogP contribution >= 0.6 is 0 Å². The zero-order valence-electron chi connectivity index (χ0n) is 12.1. The van der Waals surface area contributed by atoms with Crippen molar-refractivity contribution in [3.63, 3.8) is 0 Å². The summed E-state index contributed by atoms with van der Waals surface area (Å²) in [5, 5.41) is 10.0. The number of hydrogen-bond donors (Lipinski definition) is 0. The van der Waals surface area contributed by atoms with Gasteiger partial charge in [-0.2, -0.15) is 0 Å². The second-order valence-electron chi connectivity index (χ2n) is 4.34. The van der Waals surface area contributed by atoms with Gasteiger partial charge in [0.05, 0.1) is 17.4 Å². The number of carboxylic acid groups (broad SMARTS) is 1. The van der Waals surface area contributed by atoms with Gasteiger partial charge in [0.2, 0.25) is 0 Å². The van der Waals surface area contributed by atoms with Gasteiger partial charge in [-0.1, -0.05) is 12.1 Å². The van der Waals surface area contributed by atoms with E-state index in [2.05, 4.69) is 9.97 Å². The van der Waals surface area contributed by atoms with Crippen molar-refractivity contribution in [3.8, 4) is 11.3 Å². The van der Waals surface area contributed by atoms with Crippen molar-refractivity contribution in [3.05, 3.63) is 84.3 Å². The van der Waals surface area contributed by atoms with Crippen molar-refractivity contribution in [2.24, 2.45) is 0 Å². The number of aromatic carboxylic acids is 1. The predicted molar refractivity (Wildman–Crippen MR) is 78.2 cm³/mol. The summed E-state index contributed by atoms with van der Waals surface area (Å²) >= 11 is 0. The fourth-order valence-electron chi connectivity index (χ4n) is 1.70. The SMILES string of the molecule is Fc1ccc(-c2ccccn2)c(F)c1.O=C([O-])c1ccccn1.[Pt+2]. The number of carbonyl (C=O) groups excluding carboxylic acids is 1. The molecule has 7 heteroatoms. The number of halogens is 2. The van der Waals surface area contributed by atoms with E-state index in [1.807, 2.05) is 0 Å². The number of hydrogen-bond acceptors (Lipinski definition) is 4. The third-order valence-electron chi connectivity index (χ3n) is 2.75. The average Bonchev–Trinajstić information content (AvgIpc) is 2.57. The Labute approximate surface area is 151 Å². The first-order valence-electron chi connectivity index (χ1n) is 6.57. The summed E-state index contributed by atoms with van der Waals surface area (Å²) in [6, 6.07) is 13.2. The molecular formula is C17H11F2N2O2Pt+. The second kappa shape index (κ2) is 9.63. The molecule has 0 atom stereocenters. The maximum atomic E-state index is 13.3. The number of carbonyl (C=O) groups is 1. The molecule has 0 saturated carbocycles. The third-order valence-corrected chi connectivity index (χ3v) is 2.75. The van der Waals surface area contributed by atoms with E-state index in [1.165, 1.54) is 24.4 Å². The molecule has 0 aliphatic carbocycles. The van der Waals surface area contributed by atoms with E-state index in [1.54, 1.807) is 36.5 Å². The largest absolute Gasteiger partial charge is 2.00 e. The summed E-state index contributed by atoms with van der Waals surface area (Å²) in [6.45, 7) is 0. The summed E-state index contributed by atoms with van der Waals surface area (Å²) in [4.78, 5) is 17.5. The van der Waals surface area contributed by atoms with Crippen LogP contribution in [0.25, 0.3) is 11.3 Å². The standard InChI is InChI=1S/C11H7F2N.C6H5NO2.Pt/c12-8-4-5-9(10(13)7-8)11-3-1-2-6-14-11;8-6(9)5-3-1-2-4-7-5;/h1-7H;1-4H,(H,8,9);/q;;+2/p-1. The number of carboxylic acids is 1. The molecule has 1 aromatic carbocycles. The quantitative estimate of drug-likeness (QED) is 0.534. The maximum Gasteiger partial charge on any atom is 2.00 e. The zero-order chi connectivity index (χ0) is 16.7. The van der Waals surface area contributed by atoms with Gasteiger partial charge < -0.3 is 9.90 Å². The summed E-state index contributed by atoms with van der Waals surface area (Å²) < 4.78 is 25.9. The molecule has 0 aliphatic heterocycles. The Balaban J connectivity index is 0.000000252. The Morgan fingerprint density at radius 3 is 2.04 bits per heavy atom. The minimum atomic E-state index is -1.24. The van der Waals surface area contributed by atoms with Gasteiger partial charge in [-0.25, -0.2) is 8.78 Å². The molecule has 0 bridgehead atoms. The number of aromatic nitrogens is 2. The van der Waals surface area contributed by atoms with Gasteiger partial charge in [-0.3, -0.25) is 9.97 Å². The fraction of sp³-hybridized carbons (Fsp3) is 0. The molecule has 3 aromatic rings. The molecule has 4 nitrogen and oxygen atoms in total. The van der Waals surface area contributed by atoms with E-state index < -0.39 is 17.6 Å². The minimum Gasteiger partial charge on any atom is -0.543 e. The number of pyridine rings is 2. The van der Waals surface area contributed by atoms with Crippen LogP contribution in [0.5, 0.6) is 0 Å². The van der Waals surface area contributed by atoms with Crippen LogP contribution in [0.4, 0.5) is 8.78 Å². The summed E-state index contributed by atoms with van der Waals surface area (Å²) in [6.07, 6.45) is 2.98. The van der Waals surface area contributed by atoms with Crippen molar-refractivity contribution < 1.29 is 39.7 Å². The first-order valence-corrected chi connectivity index (χ1v) is 6.57. The minimum absolute atomic E-state index is 0. The Hall–Kier alpha value is -2.46. The first-order chi connectivity index (χ1) is 11.1. The van der Waals surface area contributed by atoms with Crippen LogP contribution in [0.1, 0.15) is 10.5 Å². The van der Waals surface area contributed by atoms with Gasteiger partial charge >= 0.3 is 21.1 Å².